The molecule has 0 fully saturated rings. The van der Waals surface area contributed by atoms with Crippen molar-refractivity contribution in [3.8, 4) is 56.2 Å². The van der Waals surface area contributed by atoms with Gasteiger partial charge in [-0.15, -0.1) is 0 Å². The van der Waals surface area contributed by atoms with E-state index < -0.39 is 0 Å². The zero-order valence-corrected chi connectivity index (χ0v) is 26.1. The fraction of sp³-hybridized carbons (Fsp3) is 0. The molecule has 2 aromatic heterocycles. The lowest BCUT2D eigenvalue weighted by molar-refractivity contribution is 1.18. The molecule has 9 aromatic rings. The molecule has 224 valence electrons. The van der Waals surface area contributed by atoms with E-state index in [-0.39, 0.29) is 0 Å². The second kappa shape index (κ2) is 11.7. The first-order valence-corrected chi connectivity index (χ1v) is 16.2. The minimum Gasteiger partial charge on any atom is -0.264 e. The average Bonchev–Trinajstić information content (AvgIpc) is 3.17. The Morgan fingerprint density at radius 1 is 0.354 bits per heavy atom. The number of pyridine rings is 1. The molecule has 0 saturated carbocycles. The molecule has 0 aliphatic heterocycles. The summed E-state index contributed by atoms with van der Waals surface area (Å²) in [4.78, 5) is 14.5. The summed E-state index contributed by atoms with van der Waals surface area (Å²) in [6.45, 7) is 0. The first-order chi connectivity index (χ1) is 23.8. The van der Waals surface area contributed by atoms with Crippen molar-refractivity contribution >= 4 is 32.3 Å². The number of rotatable bonds is 5. The molecule has 48 heavy (non-hydrogen) atoms. The van der Waals surface area contributed by atoms with Crippen LogP contribution in [-0.2, 0) is 0 Å². The third kappa shape index (κ3) is 4.99. The van der Waals surface area contributed by atoms with Gasteiger partial charge in [-0.05, 0) is 73.3 Å². The highest BCUT2D eigenvalue weighted by molar-refractivity contribution is 6.21. The number of benzene rings is 7. The van der Waals surface area contributed by atoms with Gasteiger partial charge < -0.3 is 0 Å². The molecular formula is C45H29N3. The number of hydrogen-bond donors (Lipinski definition) is 0. The van der Waals surface area contributed by atoms with E-state index in [1.165, 1.54) is 43.4 Å². The van der Waals surface area contributed by atoms with E-state index in [4.69, 9.17) is 9.97 Å². The molecule has 0 radical (unpaired) electrons. The Morgan fingerprint density at radius 2 is 1.00 bits per heavy atom. The van der Waals surface area contributed by atoms with Crippen LogP contribution in [0.15, 0.2) is 176 Å². The Kier molecular flexibility index (Phi) is 6.80. The summed E-state index contributed by atoms with van der Waals surface area (Å²) in [6.07, 6.45) is 3.69. The largest absolute Gasteiger partial charge is 0.264 e. The Bertz CT molecular complexity index is 2590. The maximum Gasteiger partial charge on any atom is 0.160 e. The van der Waals surface area contributed by atoms with Crippen molar-refractivity contribution in [2.45, 2.75) is 0 Å². The predicted octanol–water partition coefficient (Wildman–Crippen LogP) is 11.7. The van der Waals surface area contributed by atoms with Gasteiger partial charge in [0.05, 0.1) is 11.4 Å². The van der Waals surface area contributed by atoms with Gasteiger partial charge in [0.2, 0.25) is 0 Å². The highest BCUT2D eigenvalue weighted by Crippen LogP contribution is 2.41. The summed E-state index contributed by atoms with van der Waals surface area (Å²) in [5.41, 5.74) is 9.41. The van der Waals surface area contributed by atoms with Gasteiger partial charge in [-0.1, -0.05) is 140 Å². The lowest BCUT2D eigenvalue weighted by Crippen LogP contribution is -1.96. The van der Waals surface area contributed by atoms with E-state index in [1.807, 2.05) is 30.5 Å². The second-order valence-corrected chi connectivity index (χ2v) is 12.1. The van der Waals surface area contributed by atoms with Crippen molar-refractivity contribution in [3.63, 3.8) is 0 Å². The molecule has 0 atom stereocenters. The van der Waals surface area contributed by atoms with Crippen LogP contribution in [0.25, 0.3) is 88.5 Å². The van der Waals surface area contributed by atoms with Crippen molar-refractivity contribution < 1.29 is 0 Å². The van der Waals surface area contributed by atoms with Crippen LogP contribution in [0.1, 0.15) is 0 Å². The number of hydrogen-bond acceptors (Lipinski definition) is 3. The Balaban J connectivity index is 1.20. The molecule has 0 amide bonds. The maximum absolute atomic E-state index is 5.10. The van der Waals surface area contributed by atoms with E-state index in [9.17, 15) is 0 Å². The van der Waals surface area contributed by atoms with E-state index in [1.54, 1.807) is 6.20 Å². The van der Waals surface area contributed by atoms with Gasteiger partial charge in [0.15, 0.2) is 5.82 Å². The summed E-state index contributed by atoms with van der Waals surface area (Å²) in [7, 11) is 0. The quantitative estimate of drug-likeness (QED) is 0.144. The summed E-state index contributed by atoms with van der Waals surface area (Å²) in [5.74, 6) is 0.700. The van der Waals surface area contributed by atoms with Crippen LogP contribution >= 0.6 is 0 Å². The molecule has 3 nitrogen and oxygen atoms in total. The number of nitrogens with zero attached hydrogens (tertiary/aromatic N) is 3. The van der Waals surface area contributed by atoms with Crippen molar-refractivity contribution in [1.29, 1.82) is 0 Å². The van der Waals surface area contributed by atoms with Gasteiger partial charge in [-0.25, -0.2) is 9.97 Å². The van der Waals surface area contributed by atoms with Gasteiger partial charge in [0, 0.05) is 34.6 Å². The summed E-state index contributed by atoms with van der Waals surface area (Å²) < 4.78 is 0. The zero-order valence-electron chi connectivity index (χ0n) is 26.1. The van der Waals surface area contributed by atoms with Crippen LogP contribution < -0.4 is 0 Å². The average molecular weight is 612 g/mol. The van der Waals surface area contributed by atoms with Gasteiger partial charge in [-0.3, -0.25) is 4.98 Å². The van der Waals surface area contributed by atoms with Gasteiger partial charge in [0.25, 0.3) is 0 Å². The summed E-state index contributed by atoms with van der Waals surface area (Å²) in [6, 6.07) is 57.9. The third-order valence-corrected chi connectivity index (χ3v) is 9.13. The second-order valence-electron chi connectivity index (χ2n) is 12.1. The molecule has 0 aliphatic carbocycles. The molecule has 7 aromatic carbocycles. The van der Waals surface area contributed by atoms with Crippen LogP contribution in [0.2, 0.25) is 0 Å². The van der Waals surface area contributed by atoms with Gasteiger partial charge in [0.1, 0.15) is 0 Å². The standard InChI is InChI=1S/C45H29N3/c1-2-11-33(12-3-1)45-47-41(28-42(48-45)36-15-8-14-34(26-36)38-16-9-25-46-29-38)31-20-22-32(23-21-31)43-40-18-7-5-13-35(40)27-37-24-19-30-10-4-6-17-39(30)44(37)43/h1-29H. The van der Waals surface area contributed by atoms with Crippen LogP contribution in [0.4, 0.5) is 0 Å². The normalized spacial score (nSPS) is 11.3. The van der Waals surface area contributed by atoms with Crippen LogP contribution in [-0.4, -0.2) is 15.0 Å². The molecule has 0 unspecified atom stereocenters. The molecule has 0 saturated heterocycles. The molecule has 2 heterocycles. The van der Waals surface area contributed by atoms with Crippen LogP contribution in [0, 0.1) is 0 Å². The predicted molar refractivity (Wildman–Crippen MR) is 200 cm³/mol. The molecule has 9 rings (SSSR count). The van der Waals surface area contributed by atoms with Crippen molar-refractivity contribution in [3.05, 3.63) is 176 Å². The SMILES string of the molecule is c1ccc(-c2nc(-c3ccc(-c4c5ccccc5cc5ccc6ccccc6c45)cc3)cc(-c3cccc(-c4cccnc4)c3)n2)cc1. The third-order valence-electron chi connectivity index (χ3n) is 9.13. The molecule has 0 bridgehead atoms. The van der Waals surface area contributed by atoms with Gasteiger partial charge in [-0.2, -0.15) is 0 Å². The van der Waals surface area contributed by atoms with E-state index >= 15 is 0 Å². The van der Waals surface area contributed by atoms with Crippen LogP contribution in [0.3, 0.4) is 0 Å². The number of aromatic nitrogens is 3. The lowest BCUT2D eigenvalue weighted by Gasteiger charge is -2.15. The van der Waals surface area contributed by atoms with Crippen molar-refractivity contribution in [2.24, 2.45) is 0 Å². The fourth-order valence-electron chi connectivity index (χ4n) is 6.80. The fourth-order valence-corrected chi connectivity index (χ4v) is 6.80. The zero-order chi connectivity index (χ0) is 31.9. The smallest absolute Gasteiger partial charge is 0.160 e. The first-order valence-electron chi connectivity index (χ1n) is 16.2. The van der Waals surface area contributed by atoms with Crippen LogP contribution in [0.5, 0.6) is 0 Å². The molecule has 0 N–H and O–H groups in total. The minimum atomic E-state index is 0.700. The molecule has 0 spiro atoms. The Morgan fingerprint density at radius 3 is 1.81 bits per heavy atom. The summed E-state index contributed by atoms with van der Waals surface area (Å²) in [5, 5.41) is 7.52. The molecule has 3 heteroatoms. The minimum absolute atomic E-state index is 0.700. The highest BCUT2D eigenvalue weighted by atomic mass is 14.9. The summed E-state index contributed by atoms with van der Waals surface area (Å²) >= 11 is 0. The monoisotopic (exact) mass is 611 g/mol. The van der Waals surface area contributed by atoms with E-state index in [2.05, 4.69) is 145 Å². The Labute approximate surface area is 278 Å². The number of fused-ring (bicyclic) bond motifs is 4. The topological polar surface area (TPSA) is 38.7 Å². The van der Waals surface area contributed by atoms with E-state index in [0.29, 0.717) is 5.82 Å². The molecule has 0 aliphatic rings. The maximum atomic E-state index is 5.10. The van der Waals surface area contributed by atoms with Crippen molar-refractivity contribution in [1.82, 2.24) is 15.0 Å². The lowest BCUT2D eigenvalue weighted by atomic mass is 9.89. The van der Waals surface area contributed by atoms with Crippen molar-refractivity contribution in [2.75, 3.05) is 0 Å². The highest BCUT2D eigenvalue weighted by Gasteiger charge is 2.15. The molecular weight excluding hydrogens is 583 g/mol. The first kappa shape index (κ1) is 27.8. The van der Waals surface area contributed by atoms with Gasteiger partial charge >= 0.3 is 0 Å². The Hall–Kier alpha value is -6.45. The van der Waals surface area contributed by atoms with E-state index in [0.717, 1.165) is 39.2 Å².